The zero-order valence-corrected chi connectivity index (χ0v) is 16.8. The molecule has 1 aliphatic rings. The minimum absolute atomic E-state index is 0.515. The number of aromatic nitrogens is 2. The Morgan fingerprint density at radius 3 is 2.39 bits per heavy atom. The summed E-state index contributed by atoms with van der Waals surface area (Å²) in [6.07, 6.45) is 0. The molecule has 9 heteroatoms. The van der Waals surface area contributed by atoms with Crippen LogP contribution in [0.5, 0.6) is 17.2 Å². The van der Waals surface area contributed by atoms with Crippen molar-refractivity contribution in [1.29, 1.82) is 0 Å². The first kappa shape index (κ1) is 18.6. The second-order valence-electron chi connectivity index (χ2n) is 6.14. The number of anilines is 3. The molecule has 1 N–H and O–H groups in total. The fourth-order valence-corrected chi connectivity index (χ4v) is 4.02. The number of ether oxygens (including phenoxy) is 4. The number of thiophene rings is 1. The van der Waals surface area contributed by atoms with Gasteiger partial charge < -0.3 is 29.2 Å². The first-order chi connectivity index (χ1) is 13.7. The number of benzene rings is 1. The lowest BCUT2D eigenvalue weighted by atomic mass is 10.2. The van der Waals surface area contributed by atoms with Crippen LogP contribution >= 0.6 is 11.3 Å². The Hall–Kier alpha value is -2.78. The smallest absolute Gasteiger partial charge is 0.229 e. The summed E-state index contributed by atoms with van der Waals surface area (Å²) in [5, 5.41) is 5.31. The van der Waals surface area contributed by atoms with Crippen LogP contribution in [0.4, 0.5) is 17.5 Å². The molecular formula is C19H22N4O4S. The average molecular weight is 402 g/mol. The van der Waals surface area contributed by atoms with Crippen LogP contribution in [0.25, 0.3) is 10.2 Å². The van der Waals surface area contributed by atoms with Gasteiger partial charge in [-0.3, -0.25) is 0 Å². The van der Waals surface area contributed by atoms with E-state index in [9.17, 15) is 0 Å². The Bertz CT molecular complexity index is 947. The van der Waals surface area contributed by atoms with Crippen LogP contribution in [0.15, 0.2) is 23.6 Å². The van der Waals surface area contributed by atoms with Gasteiger partial charge in [-0.25, -0.2) is 4.98 Å². The van der Waals surface area contributed by atoms with E-state index < -0.39 is 0 Å². The predicted molar refractivity (Wildman–Crippen MR) is 110 cm³/mol. The van der Waals surface area contributed by atoms with E-state index >= 15 is 0 Å². The van der Waals surface area contributed by atoms with E-state index in [0.717, 1.165) is 34.8 Å². The molecule has 0 unspecified atom stereocenters. The number of hydrogen-bond acceptors (Lipinski definition) is 9. The van der Waals surface area contributed by atoms with Gasteiger partial charge in [0.1, 0.15) is 0 Å². The van der Waals surface area contributed by atoms with Gasteiger partial charge in [0.15, 0.2) is 17.3 Å². The molecule has 0 aliphatic carbocycles. The summed E-state index contributed by atoms with van der Waals surface area (Å²) in [7, 11) is 4.76. The number of hydrogen-bond donors (Lipinski definition) is 1. The third-order valence-electron chi connectivity index (χ3n) is 4.52. The van der Waals surface area contributed by atoms with Crippen LogP contribution in [0.1, 0.15) is 0 Å². The Balaban J connectivity index is 1.72. The van der Waals surface area contributed by atoms with Crippen molar-refractivity contribution < 1.29 is 18.9 Å². The van der Waals surface area contributed by atoms with Gasteiger partial charge >= 0.3 is 0 Å². The van der Waals surface area contributed by atoms with Crippen LogP contribution in [-0.4, -0.2) is 57.6 Å². The molecule has 0 amide bonds. The summed E-state index contributed by atoms with van der Waals surface area (Å²) in [6.45, 7) is 3.03. The Morgan fingerprint density at radius 2 is 1.75 bits per heavy atom. The third-order valence-corrected chi connectivity index (χ3v) is 5.42. The first-order valence-electron chi connectivity index (χ1n) is 8.88. The van der Waals surface area contributed by atoms with Crippen molar-refractivity contribution in [2.75, 3.05) is 57.8 Å². The van der Waals surface area contributed by atoms with Gasteiger partial charge in [-0.05, 0) is 11.4 Å². The number of fused-ring (bicyclic) bond motifs is 1. The van der Waals surface area contributed by atoms with E-state index in [2.05, 4.69) is 15.2 Å². The topological polar surface area (TPSA) is 78.0 Å². The number of nitrogens with zero attached hydrogens (tertiary/aromatic N) is 3. The first-order valence-corrected chi connectivity index (χ1v) is 9.76. The molecule has 2 aromatic heterocycles. The Labute approximate surface area is 167 Å². The van der Waals surface area contributed by atoms with Crippen LogP contribution in [0, 0.1) is 0 Å². The highest BCUT2D eigenvalue weighted by Gasteiger charge is 2.19. The third kappa shape index (κ3) is 3.50. The molecule has 1 aliphatic heterocycles. The molecule has 0 atom stereocenters. The monoisotopic (exact) mass is 402 g/mol. The summed E-state index contributed by atoms with van der Waals surface area (Å²) in [6, 6.07) is 5.67. The molecule has 1 aromatic carbocycles. The van der Waals surface area contributed by atoms with E-state index in [1.165, 1.54) is 0 Å². The molecule has 0 spiro atoms. The quantitative estimate of drug-likeness (QED) is 0.673. The van der Waals surface area contributed by atoms with Crippen molar-refractivity contribution in [2.45, 2.75) is 0 Å². The lowest BCUT2D eigenvalue weighted by Gasteiger charge is -2.28. The van der Waals surface area contributed by atoms with Crippen molar-refractivity contribution in [2.24, 2.45) is 0 Å². The molecule has 4 rings (SSSR count). The standard InChI is InChI=1S/C19H22N4O4S/c1-24-14-10-12(11-15(25-2)16(14)26-3)20-19-21-13-4-9-28-17(13)18(22-19)23-5-7-27-8-6-23/h4,9-11H,5-8H2,1-3H3,(H,20,21,22). The SMILES string of the molecule is COc1cc(Nc2nc(N3CCOCC3)c3sccc3n2)cc(OC)c1OC. The maximum Gasteiger partial charge on any atom is 0.229 e. The summed E-state index contributed by atoms with van der Waals surface area (Å²) in [5.74, 6) is 3.11. The van der Waals surface area contributed by atoms with Crippen molar-refractivity contribution in [3.8, 4) is 17.2 Å². The Kier molecular flexibility index (Phi) is 5.36. The molecule has 1 saturated heterocycles. The number of methoxy groups -OCH3 is 3. The van der Waals surface area contributed by atoms with Gasteiger partial charge in [-0.1, -0.05) is 0 Å². The highest BCUT2D eigenvalue weighted by Crippen LogP contribution is 2.40. The normalized spacial score (nSPS) is 14.2. The zero-order chi connectivity index (χ0) is 19.5. The number of nitrogens with one attached hydrogen (secondary N) is 1. The molecule has 3 heterocycles. The molecule has 8 nitrogen and oxygen atoms in total. The van der Waals surface area contributed by atoms with Gasteiger partial charge in [0.25, 0.3) is 0 Å². The molecule has 148 valence electrons. The highest BCUT2D eigenvalue weighted by molar-refractivity contribution is 7.17. The molecule has 3 aromatic rings. The summed E-state index contributed by atoms with van der Waals surface area (Å²) in [4.78, 5) is 11.7. The van der Waals surface area contributed by atoms with Gasteiger partial charge in [-0.2, -0.15) is 4.98 Å². The minimum Gasteiger partial charge on any atom is -0.493 e. The van der Waals surface area contributed by atoms with Crippen molar-refractivity contribution in [3.63, 3.8) is 0 Å². The van der Waals surface area contributed by atoms with Gasteiger partial charge in [0.05, 0.1) is 44.8 Å². The fourth-order valence-electron chi connectivity index (χ4n) is 3.18. The zero-order valence-electron chi connectivity index (χ0n) is 16.0. The van der Waals surface area contributed by atoms with E-state index in [-0.39, 0.29) is 0 Å². The van der Waals surface area contributed by atoms with Crippen LogP contribution in [0.3, 0.4) is 0 Å². The van der Waals surface area contributed by atoms with Gasteiger partial charge in [0.2, 0.25) is 11.7 Å². The van der Waals surface area contributed by atoms with Gasteiger partial charge in [0, 0.05) is 30.9 Å². The second kappa shape index (κ2) is 8.07. The lowest BCUT2D eigenvalue weighted by molar-refractivity contribution is 0.122. The van der Waals surface area contributed by atoms with Crippen LogP contribution in [0.2, 0.25) is 0 Å². The number of morpholine rings is 1. The largest absolute Gasteiger partial charge is 0.493 e. The lowest BCUT2D eigenvalue weighted by Crippen LogP contribution is -2.36. The highest BCUT2D eigenvalue weighted by atomic mass is 32.1. The molecular weight excluding hydrogens is 380 g/mol. The van der Waals surface area contributed by atoms with Crippen molar-refractivity contribution >= 4 is 39.0 Å². The molecule has 0 saturated carbocycles. The fraction of sp³-hybridized carbons (Fsp3) is 0.368. The van der Waals surface area contributed by atoms with Crippen LogP contribution in [-0.2, 0) is 4.74 Å². The maximum atomic E-state index is 5.48. The molecule has 1 fully saturated rings. The minimum atomic E-state index is 0.515. The van der Waals surface area contributed by atoms with E-state index in [0.29, 0.717) is 36.4 Å². The molecule has 0 radical (unpaired) electrons. The number of rotatable bonds is 6. The van der Waals surface area contributed by atoms with Crippen molar-refractivity contribution in [1.82, 2.24) is 9.97 Å². The Morgan fingerprint density at radius 1 is 1.04 bits per heavy atom. The molecule has 0 bridgehead atoms. The van der Waals surface area contributed by atoms with Crippen molar-refractivity contribution in [3.05, 3.63) is 23.6 Å². The van der Waals surface area contributed by atoms with Gasteiger partial charge in [-0.15, -0.1) is 11.3 Å². The summed E-state index contributed by atoms with van der Waals surface area (Å²) < 4.78 is 22.8. The van der Waals surface area contributed by atoms with E-state index in [4.69, 9.17) is 23.9 Å². The predicted octanol–water partition coefficient (Wildman–Crippen LogP) is 3.30. The van der Waals surface area contributed by atoms with E-state index in [1.807, 2.05) is 23.6 Å². The average Bonchev–Trinajstić information content (AvgIpc) is 3.21. The maximum absolute atomic E-state index is 5.48. The van der Waals surface area contributed by atoms with Crippen LogP contribution < -0.4 is 24.4 Å². The second-order valence-corrected chi connectivity index (χ2v) is 7.06. The summed E-state index contributed by atoms with van der Waals surface area (Å²) >= 11 is 1.65. The van der Waals surface area contributed by atoms with E-state index in [1.54, 1.807) is 32.7 Å². The summed E-state index contributed by atoms with van der Waals surface area (Å²) in [5.41, 5.74) is 1.66. The molecule has 28 heavy (non-hydrogen) atoms.